The zero-order valence-electron chi connectivity index (χ0n) is 14.1. The van der Waals surface area contributed by atoms with E-state index in [9.17, 15) is 0 Å². The van der Waals surface area contributed by atoms with Gasteiger partial charge in [-0.15, -0.1) is 0 Å². The molecule has 0 aliphatic heterocycles. The summed E-state index contributed by atoms with van der Waals surface area (Å²) in [6, 6.07) is 4.57. The summed E-state index contributed by atoms with van der Waals surface area (Å²) in [6.07, 6.45) is 11.0. The van der Waals surface area contributed by atoms with Crippen molar-refractivity contribution in [1.29, 1.82) is 0 Å². The maximum absolute atomic E-state index is 6.35. The molecule has 0 saturated heterocycles. The third kappa shape index (κ3) is 5.74. The third-order valence-electron chi connectivity index (χ3n) is 4.33. The zero-order valence-corrected chi connectivity index (χ0v) is 14.8. The van der Waals surface area contributed by atoms with Gasteiger partial charge in [0.15, 0.2) is 11.5 Å². The zero-order chi connectivity index (χ0) is 16.5. The van der Waals surface area contributed by atoms with Crippen LogP contribution in [0.25, 0.3) is 0 Å². The van der Waals surface area contributed by atoms with Crippen molar-refractivity contribution < 1.29 is 9.47 Å². The van der Waals surface area contributed by atoms with Gasteiger partial charge in [0.2, 0.25) is 0 Å². The van der Waals surface area contributed by atoms with Gasteiger partial charge in [-0.1, -0.05) is 56.4 Å². The number of rotatable bonds is 7. The summed E-state index contributed by atoms with van der Waals surface area (Å²) in [5.41, 5.74) is 1.12. The lowest BCUT2D eigenvalue weighted by Gasteiger charge is -2.21. The molecule has 0 unspecified atom stereocenters. The second-order valence-corrected chi connectivity index (χ2v) is 6.54. The molecule has 0 aromatic heterocycles. The fraction of sp³-hybridized carbons (Fsp3) is 0.579. The van der Waals surface area contributed by atoms with Gasteiger partial charge < -0.3 is 14.8 Å². The first-order valence-corrected chi connectivity index (χ1v) is 8.96. The van der Waals surface area contributed by atoms with E-state index in [1.165, 1.54) is 44.9 Å². The summed E-state index contributed by atoms with van der Waals surface area (Å²) in [5.74, 6) is 1.26. The largest absolute Gasteiger partial charge is 0.493 e. The Labute approximate surface area is 145 Å². The Morgan fingerprint density at radius 1 is 1.22 bits per heavy atom. The minimum absolute atomic E-state index is 0.412. The van der Waals surface area contributed by atoms with Crippen LogP contribution < -0.4 is 14.8 Å². The van der Waals surface area contributed by atoms with Crippen LogP contribution in [0.3, 0.4) is 0 Å². The monoisotopic (exact) mass is 337 g/mol. The van der Waals surface area contributed by atoms with Crippen molar-refractivity contribution in [3.8, 4) is 11.5 Å². The number of benzene rings is 1. The standard InChI is InChI=1S/C19H28ClNO2/c1-3-11-23-19-17(20)12-15(13-18(19)22-2)14-21-16-9-7-5-4-6-8-10-16/h3,12-13,16,21H,1,4-11,14H2,2H3. The van der Waals surface area contributed by atoms with E-state index in [-0.39, 0.29) is 0 Å². The van der Waals surface area contributed by atoms with E-state index in [1.54, 1.807) is 13.2 Å². The summed E-state index contributed by atoms with van der Waals surface area (Å²) in [7, 11) is 1.64. The van der Waals surface area contributed by atoms with Crippen LogP contribution in [0.4, 0.5) is 0 Å². The summed E-state index contributed by atoms with van der Waals surface area (Å²) in [4.78, 5) is 0. The Morgan fingerprint density at radius 3 is 2.57 bits per heavy atom. The molecule has 0 bridgehead atoms. The van der Waals surface area contributed by atoms with Crippen molar-refractivity contribution in [2.75, 3.05) is 13.7 Å². The van der Waals surface area contributed by atoms with Crippen molar-refractivity contribution in [2.45, 2.75) is 57.5 Å². The minimum atomic E-state index is 0.412. The molecule has 1 saturated carbocycles. The molecular weight excluding hydrogens is 310 g/mol. The second kappa shape index (κ2) is 9.84. The highest BCUT2D eigenvalue weighted by Crippen LogP contribution is 2.36. The molecule has 0 spiro atoms. The molecule has 3 nitrogen and oxygen atoms in total. The predicted octanol–water partition coefficient (Wildman–Crippen LogP) is 5.12. The van der Waals surface area contributed by atoms with Gasteiger partial charge in [-0.05, 0) is 30.5 Å². The minimum Gasteiger partial charge on any atom is -0.493 e. The van der Waals surface area contributed by atoms with Crippen molar-refractivity contribution in [1.82, 2.24) is 5.32 Å². The highest BCUT2D eigenvalue weighted by Gasteiger charge is 2.14. The molecular formula is C19H28ClNO2. The molecule has 0 radical (unpaired) electrons. The smallest absolute Gasteiger partial charge is 0.180 e. The highest BCUT2D eigenvalue weighted by atomic mass is 35.5. The Balaban J connectivity index is 1.98. The van der Waals surface area contributed by atoms with Crippen LogP contribution in [0.5, 0.6) is 11.5 Å². The first kappa shape index (κ1) is 18.2. The second-order valence-electron chi connectivity index (χ2n) is 6.13. The van der Waals surface area contributed by atoms with Gasteiger partial charge in [-0.2, -0.15) is 0 Å². The van der Waals surface area contributed by atoms with Gasteiger partial charge in [-0.3, -0.25) is 0 Å². The SMILES string of the molecule is C=CCOc1c(Cl)cc(CNC2CCCCCCC2)cc1OC. The Morgan fingerprint density at radius 2 is 1.91 bits per heavy atom. The maximum Gasteiger partial charge on any atom is 0.180 e. The van der Waals surface area contributed by atoms with Crippen LogP contribution in [0.15, 0.2) is 24.8 Å². The van der Waals surface area contributed by atoms with Crippen LogP contribution in [0, 0.1) is 0 Å². The lowest BCUT2D eigenvalue weighted by Crippen LogP contribution is -2.29. The summed E-state index contributed by atoms with van der Waals surface area (Å²) >= 11 is 6.35. The maximum atomic E-state index is 6.35. The van der Waals surface area contributed by atoms with Crippen LogP contribution in [-0.4, -0.2) is 19.8 Å². The number of methoxy groups -OCH3 is 1. The Bertz CT molecular complexity index is 496. The normalized spacial score (nSPS) is 16.4. The van der Waals surface area contributed by atoms with Crippen LogP contribution in [0.2, 0.25) is 5.02 Å². The van der Waals surface area contributed by atoms with Crippen molar-refractivity contribution in [2.24, 2.45) is 0 Å². The lowest BCUT2D eigenvalue weighted by atomic mass is 9.96. The number of ether oxygens (including phenoxy) is 2. The number of nitrogens with one attached hydrogen (secondary N) is 1. The topological polar surface area (TPSA) is 30.5 Å². The lowest BCUT2D eigenvalue weighted by molar-refractivity contribution is 0.326. The van der Waals surface area contributed by atoms with E-state index >= 15 is 0 Å². The van der Waals surface area contributed by atoms with E-state index in [0.29, 0.717) is 29.2 Å². The van der Waals surface area contributed by atoms with E-state index < -0.39 is 0 Å². The van der Waals surface area contributed by atoms with Crippen molar-refractivity contribution in [3.05, 3.63) is 35.4 Å². The van der Waals surface area contributed by atoms with Crippen molar-refractivity contribution >= 4 is 11.6 Å². The van der Waals surface area contributed by atoms with Gasteiger partial charge in [0, 0.05) is 12.6 Å². The predicted molar refractivity (Wildman–Crippen MR) is 96.6 cm³/mol. The molecule has 1 aliphatic rings. The van der Waals surface area contributed by atoms with E-state index in [4.69, 9.17) is 21.1 Å². The fourth-order valence-electron chi connectivity index (χ4n) is 3.08. The first-order chi connectivity index (χ1) is 11.2. The van der Waals surface area contributed by atoms with Gasteiger partial charge in [0.05, 0.1) is 12.1 Å². The molecule has 1 aromatic rings. The molecule has 0 amide bonds. The van der Waals surface area contributed by atoms with Crippen molar-refractivity contribution in [3.63, 3.8) is 0 Å². The fourth-order valence-corrected chi connectivity index (χ4v) is 3.37. The summed E-state index contributed by atoms with van der Waals surface area (Å²) in [5, 5.41) is 4.26. The van der Waals surface area contributed by atoms with E-state index in [0.717, 1.165) is 12.1 Å². The average Bonchev–Trinajstić information content (AvgIpc) is 2.52. The van der Waals surface area contributed by atoms with Gasteiger partial charge in [0.25, 0.3) is 0 Å². The summed E-state index contributed by atoms with van der Waals surface area (Å²) < 4.78 is 11.0. The van der Waals surface area contributed by atoms with Gasteiger partial charge in [-0.25, -0.2) is 0 Å². The van der Waals surface area contributed by atoms with Gasteiger partial charge >= 0.3 is 0 Å². The number of halogens is 1. The molecule has 128 valence electrons. The molecule has 2 rings (SSSR count). The van der Waals surface area contributed by atoms with Gasteiger partial charge in [0.1, 0.15) is 6.61 Å². The van der Waals surface area contributed by atoms with Crippen LogP contribution in [0.1, 0.15) is 50.5 Å². The quantitative estimate of drug-likeness (QED) is 0.701. The third-order valence-corrected chi connectivity index (χ3v) is 4.62. The number of hydrogen-bond acceptors (Lipinski definition) is 3. The molecule has 23 heavy (non-hydrogen) atoms. The Kier molecular flexibility index (Phi) is 7.77. The Hall–Kier alpha value is -1.19. The first-order valence-electron chi connectivity index (χ1n) is 8.58. The van der Waals surface area contributed by atoms with E-state index in [1.807, 2.05) is 12.1 Å². The van der Waals surface area contributed by atoms with E-state index in [2.05, 4.69) is 11.9 Å². The number of hydrogen-bond donors (Lipinski definition) is 1. The summed E-state index contributed by atoms with van der Waals surface area (Å²) in [6.45, 7) is 4.88. The molecule has 1 N–H and O–H groups in total. The van der Waals surface area contributed by atoms with Crippen LogP contribution in [-0.2, 0) is 6.54 Å². The molecule has 1 fully saturated rings. The molecule has 4 heteroatoms. The molecule has 1 aliphatic carbocycles. The van der Waals surface area contributed by atoms with Crippen LogP contribution >= 0.6 is 11.6 Å². The highest BCUT2D eigenvalue weighted by molar-refractivity contribution is 6.32. The molecule has 0 heterocycles. The molecule has 1 aromatic carbocycles. The molecule has 0 atom stereocenters. The average molecular weight is 338 g/mol.